The van der Waals surface area contributed by atoms with E-state index in [9.17, 15) is 19.2 Å². The lowest BCUT2D eigenvalue weighted by Crippen LogP contribution is -2.36. The van der Waals surface area contributed by atoms with Crippen LogP contribution >= 0.6 is 12.6 Å². The summed E-state index contributed by atoms with van der Waals surface area (Å²) in [5.74, 6) is 0.0337. The molecular formula is C28H62N4O6S. The lowest BCUT2D eigenvalue weighted by Gasteiger charge is -2.20. The van der Waals surface area contributed by atoms with Crippen LogP contribution in [0.1, 0.15) is 108 Å². The first-order valence-electron chi connectivity index (χ1n) is 14.0. The fourth-order valence-electron chi connectivity index (χ4n) is 2.34. The van der Waals surface area contributed by atoms with Gasteiger partial charge >= 0.3 is 18.1 Å². The van der Waals surface area contributed by atoms with Crippen molar-refractivity contribution in [3.8, 4) is 0 Å². The Kier molecular flexibility index (Phi) is 36.7. The monoisotopic (exact) mass is 582 g/mol. The van der Waals surface area contributed by atoms with Gasteiger partial charge in [0.2, 0.25) is 0 Å². The Labute approximate surface area is 245 Å². The highest BCUT2D eigenvalue weighted by molar-refractivity contribution is 7.80. The fourth-order valence-corrected chi connectivity index (χ4v) is 2.84. The number of Topliss-reactive ketones (excluding diaryl/α,β-unsaturated/α-hetero) is 1. The van der Waals surface area contributed by atoms with Crippen LogP contribution in [0.25, 0.3) is 0 Å². The van der Waals surface area contributed by atoms with Crippen molar-refractivity contribution in [2.24, 2.45) is 11.7 Å². The molecule has 1 rings (SSSR count). The second-order valence-corrected chi connectivity index (χ2v) is 10.1. The molecule has 0 aromatic rings. The van der Waals surface area contributed by atoms with Crippen LogP contribution in [0.3, 0.4) is 0 Å². The van der Waals surface area contributed by atoms with Crippen molar-refractivity contribution in [1.29, 1.82) is 0 Å². The number of ether oxygens (including phenoxy) is 1. The van der Waals surface area contributed by atoms with Gasteiger partial charge < -0.3 is 31.1 Å². The van der Waals surface area contributed by atoms with Gasteiger partial charge in [0.05, 0.1) is 24.5 Å². The van der Waals surface area contributed by atoms with E-state index >= 15 is 0 Å². The largest absolute Gasteiger partial charge is 0.481 e. The molecule has 0 spiro atoms. The van der Waals surface area contributed by atoms with E-state index in [0.29, 0.717) is 19.0 Å². The molecule has 1 fully saturated rings. The number of hydrogen-bond acceptors (Lipinski definition) is 7. The van der Waals surface area contributed by atoms with E-state index in [4.69, 9.17) is 10.8 Å². The minimum absolute atomic E-state index is 0.0418. The number of nitrogens with zero attached hydrogens (tertiary/aromatic N) is 1. The Morgan fingerprint density at radius 3 is 1.79 bits per heavy atom. The van der Waals surface area contributed by atoms with Crippen LogP contribution in [0.5, 0.6) is 0 Å². The van der Waals surface area contributed by atoms with Crippen molar-refractivity contribution >= 4 is 36.5 Å². The Morgan fingerprint density at radius 2 is 1.59 bits per heavy atom. The van der Waals surface area contributed by atoms with E-state index < -0.39 is 17.7 Å². The Morgan fingerprint density at radius 1 is 1.15 bits per heavy atom. The zero-order valence-electron chi connectivity index (χ0n) is 27.1. The molecule has 0 aliphatic carbocycles. The van der Waals surface area contributed by atoms with Crippen LogP contribution in [0.2, 0.25) is 0 Å². The van der Waals surface area contributed by atoms with Gasteiger partial charge in [-0.3, -0.25) is 9.59 Å². The average molecular weight is 583 g/mol. The highest BCUT2D eigenvalue weighted by Crippen LogP contribution is 2.17. The number of likely N-dealkylation sites (N-methyl/N-ethyl adjacent to an activating group) is 2. The number of thiol groups is 1. The van der Waals surface area contributed by atoms with Gasteiger partial charge in [0.1, 0.15) is 11.4 Å². The first-order chi connectivity index (χ1) is 18.0. The number of ketones is 1. The van der Waals surface area contributed by atoms with Crippen molar-refractivity contribution in [2.45, 2.75) is 126 Å². The normalized spacial score (nSPS) is 15.2. The maximum absolute atomic E-state index is 11.3. The Hall–Kier alpha value is -2.01. The predicted octanol–water partition coefficient (Wildman–Crippen LogP) is 5.73. The molecule has 11 heteroatoms. The number of rotatable bonds is 8. The number of nitrogens with two attached hydrogens (primary N) is 1. The van der Waals surface area contributed by atoms with Gasteiger partial charge in [0.25, 0.3) is 0 Å². The maximum Gasteiger partial charge on any atom is 0.405 e. The van der Waals surface area contributed by atoms with Crippen molar-refractivity contribution in [3.05, 3.63) is 0 Å². The molecule has 1 saturated heterocycles. The summed E-state index contributed by atoms with van der Waals surface area (Å²) in [6.45, 7) is 21.4. The van der Waals surface area contributed by atoms with Gasteiger partial charge in [0.15, 0.2) is 0 Å². The lowest BCUT2D eigenvalue weighted by molar-refractivity contribution is -0.140. The third-order valence-corrected chi connectivity index (χ3v) is 4.69. The number of urea groups is 1. The molecule has 10 nitrogen and oxygen atoms in total. The molecule has 1 aliphatic heterocycles. The highest BCUT2D eigenvalue weighted by Gasteiger charge is 2.34. The van der Waals surface area contributed by atoms with Crippen LogP contribution in [0, 0.1) is 5.92 Å². The standard InChI is InChI=1S/C9H18N2OS.C5H11NO2.C5H11NO.C4H8O2.C3H8.C2H6/c1-3-4-5-7-8(6-13)11(2)9(12)10-7;1-5(2,3)8-4(6)7;1-3-5(7)4-6-2;1-3(2)4(5)6;1-3-2;1-2/h7-8,13H,3-6H2,1-2H3,(H,10,12);1-3H3,(H2,6,7);6H,3-4H2,1-2H3;3H,1-2H3,(H,5,6);3H2,1-2H3;1-2H3/t7-,8+;;;;;/m1...../s1. The van der Waals surface area contributed by atoms with Gasteiger partial charge in [-0.05, 0) is 34.2 Å². The number of hydrogen-bond donors (Lipinski definition) is 5. The Bertz CT molecular complexity index is 613. The van der Waals surface area contributed by atoms with E-state index in [2.05, 4.69) is 48.8 Å². The summed E-state index contributed by atoms with van der Waals surface area (Å²) in [6.07, 6.45) is 4.58. The molecule has 0 unspecified atom stereocenters. The summed E-state index contributed by atoms with van der Waals surface area (Å²) < 4.78 is 4.58. The minimum Gasteiger partial charge on any atom is -0.481 e. The SMILES string of the molecule is CC.CC(C)(C)OC(N)=O.CC(C)C(=O)O.CCC.CCC(=O)CNC.CCCC[C@H]1NC(=O)N(C)[C@H]1CS. The van der Waals surface area contributed by atoms with Crippen molar-refractivity contribution < 1.29 is 29.0 Å². The van der Waals surface area contributed by atoms with Gasteiger partial charge in [-0.25, -0.2) is 9.59 Å². The number of carboxylic acids is 1. The summed E-state index contributed by atoms with van der Waals surface area (Å²) in [6, 6.07) is 0.609. The summed E-state index contributed by atoms with van der Waals surface area (Å²) in [5, 5.41) is 13.7. The van der Waals surface area contributed by atoms with Crippen LogP contribution in [-0.2, 0) is 14.3 Å². The minimum atomic E-state index is -0.741. The van der Waals surface area contributed by atoms with E-state index in [-0.39, 0.29) is 23.8 Å². The number of aliphatic carboxylic acids is 1. The number of carboxylic acid groups (broad SMARTS) is 1. The van der Waals surface area contributed by atoms with E-state index in [1.54, 1.807) is 46.6 Å². The quantitative estimate of drug-likeness (QED) is 0.229. The average Bonchev–Trinajstić information content (AvgIpc) is 3.11. The number of carbonyl (C=O) groups is 4. The van der Waals surface area contributed by atoms with Crippen molar-refractivity contribution in [1.82, 2.24) is 15.5 Å². The van der Waals surface area contributed by atoms with Gasteiger partial charge in [-0.1, -0.05) is 74.7 Å². The van der Waals surface area contributed by atoms with Crippen LogP contribution in [-0.4, -0.2) is 78.0 Å². The predicted molar refractivity (Wildman–Crippen MR) is 167 cm³/mol. The molecule has 0 radical (unpaired) electrons. The van der Waals surface area contributed by atoms with Crippen LogP contribution in [0.4, 0.5) is 9.59 Å². The molecule has 0 aromatic heterocycles. The van der Waals surface area contributed by atoms with Crippen LogP contribution in [0.15, 0.2) is 0 Å². The Balaban J connectivity index is -0.000000130. The van der Waals surface area contributed by atoms with E-state index in [1.807, 2.05) is 27.8 Å². The van der Waals surface area contributed by atoms with E-state index in [1.165, 1.54) is 19.3 Å². The first kappa shape index (κ1) is 46.8. The lowest BCUT2D eigenvalue weighted by atomic mass is 10.0. The molecule has 0 saturated carbocycles. The van der Waals surface area contributed by atoms with Crippen molar-refractivity contribution in [2.75, 3.05) is 26.4 Å². The fraction of sp³-hybridized carbons (Fsp3) is 0.857. The molecule has 1 heterocycles. The molecule has 0 aromatic carbocycles. The molecule has 39 heavy (non-hydrogen) atoms. The second-order valence-electron chi connectivity index (χ2n) is 9.72. The van der Waals surface area contributed by atoms with Gasteiger partial charge in [0, 0.05) is 19.2 Å². The van der Waals surface area contributed by atoms with Crippen LogP contribution < -0.4 is 16.4 Å². The zero-order chi connectivity index (χ0) is 32.2. The molecule has 2 atom stereocenters. The molecule has 3 amide bonds. The summed E-state index contributed by atoms with van der Waals surface area (Å²) in [4.78, 5) is 43.1. The number of unbranched alkanes of at least 4 members (excludes halogenated alkanes) is 1. The second kappa shape index (κ2) is 30.5. The number of nitrogens with one attached hydrogen (secondary N) is 2. The van der Waals surface area contributed by atoms with Gasteiger partial charge in [-0.15, -0.1) is 0 Å². The molecule has 1 aliphatic rings. The molecular weight excluding hydrogens is 520 g/mol. The number of primary amides is 1. The number of amides is 3. The number of carbonyl (C=O) groups excluding carboxylic acids is 3. The first-order valence-corrected chi connectivity index (χ1v) is 14.6. The molecule has 236 valence electrons. The topological polar surface area (TPSA) is 151 Å². The van der Waals surface area contributed by atoms with Crippen molar-refractivity contribution in [3.63, 3.8) is 0 Å². The third kappa shape index (κ3) is 36.0. The summed E-state index contributed by atoms with van der Waals surface area (Å²) in [7, 11) is 3.61. The molecule has 0 bridgehead atoms. The molecule has 5 N–H and O–H groups in total. The van der Waals surface area contributed by atoms with E-state index in [0.717, 1.165) is 12.2 Å². The highest BCUT2D eigenvalue weighted by atomic mass is 32.1. The van der Waals surface area contributed by atoms with Gasteiger partial charge in [-0.2, -0.15) is 12.6 Å². The smallest absolute Gasteiger partial charge is 0.405 e. The zero-order valence-corrected chi connectivity index (χ0v) is 28.0. The third-order valence-electron chi connectivity index (χ3n) is 4.32. The summed E-state index contributed by atoms with van der Waals surface area (Å²) in [5.41, 5.74) is 4.26. The maximum atomic E-state index is 11.3. The summed E-state index contributed by atoms with van der Waals surface area (Å²) >= 11 is 4.26.